The molecule has 0 radical (unpaired) electrons. The van der Waals surface area contributed by atoms with Gasteiger partial charge in [-0.1, -0.05) is 11.6 Å². The van der Waals surface area contributed by atoms with Gasteiger partial charge < -0.3 is 5.73 Å². The van der Waals surface area contributed by atoms with Crippen LogP contribution in [-0.4, -0.2) is 11.7 Å². The first-order chi connectivity index (χ1) is 7.13. The molecule has 5 N–H and O–H groups in total. The average Bonchev–Trinajstić information content (AvgIpc) is 2.21. The van der Waals surface area contributed by atoms with Gasteiger partial charge in [0.15, 0.2) is 0 Å². The summed E-state index contributed by atoms with van der Waals surface area (Å²) >= 11 is 7.45. The average molecular weight is 246 g/mol. The fraction of sp³-hybridized carbons (Fsp3) is 0.222. The molecule has 4 nitrogen and oxygen atoms in total. The van der Waals surface area contributed by atoms with Crippen LogP contribution < -0.4 is 17.0 Å². The Bertz CT molecular complexity index is 359. The first kappa shape index (κ1) is 12.2. The van der Waals surface area contributed by atoms with Crippen molar-refractivity contribution in [2.45, 2.75) is 11.3 Å². The number of carbonyl (C=O) groups excluding carboxylic acids is 1. The van der Waals surface area contributed by atoms with E-state index in [0.717, 1.165) is 4.90 Å². The van der Waals surface area contributed by atoms with Crippen molar-refractivity contribution >= 4 is 35.0 Å². The van der Waals surface area contributed by atoms with Crippen molar-refractivity contribution in [2.24, 2.45) is 5.84 Å². The summed E-state index contributed by atoms with van der Waals surface area (Å²) in [7, 11) is 0. The van der Waals surface area contributed by atoms with Gasteiger partial charge in [-0.25, -0.2) is 5.84 Å². The van der Waals surface area contributed by atoms with E-state index in [1.807, 2.05) is 6.07 Å². The van der Waals surface area contributed by atoms with E-state index in [2.05, 4.69) is 5.43 Å². The lowest BCUT2D eigenvalue weighted by molar-refractivity contribution is -0.120. The normalized spacial score (nSPS) is 10.0. The Morgan fingerprint density at radius 3 is 2.87 bits per heavy atom. The highest BCUT2D eigenvalue weighted by molar-refractivity contribution is 7.99. The highest BCUT2D eigenvalue weighted by Gasteiger charge is 2.03. The summed E-state index contributed by atoms with van der Waals surface area (Å²) in [5.74, 6) is 5.40. The molecule has 0 spiro atoms. The van der Waals surface area contributed by atoms with Crippen LogP contribution in [-0.2, 0) is 4.79 Å². The fourth-order valence-electron chi connectivity index (χ4n) is 0.960. The number of carbonyl (C=O) groups is 1. The Kier molecular flexibility index (Phi) is 4.74. The Hall–Kier alpha value is -0.910. The van der Waals surface area contributed by atoms with E-state index < -0.39 is 0 Å². The second-order valence-corrected chi connectivity index (χ2v) is 4.40. The van der Waals surface area contributed by atoms with Crippen molar-refractivity contribution in [2.75, 3.05) is 11.5 Å². The maximum Gasteiger partial charge on any atom is 0.234 e. The van der Waals surface area contributed by atoms with Crippen LogP contribution in [0.15, 0.2) is 23.1 Å². The quantitative estimate of drug-likeness (QED) is 0.246. The number of nitrogens with one attached hydrogen (secondary N) is 1. The smallest absolute Gasteiger partial charge is 0.234 e. The third-order valence-electron chi connectivity index (χ3n) is 1.70. The second kappa shape index (κ2) is 5.85. The van der Waals surface area contributed by atoms with Gasteiger partial charge in [-0.3, -0.25) is 10.2 Å². The van der Waals surface area contributed by atoms with Gasteiger partial charge in [-0.2, -0.15) is 0 Å². The van der Waals surface area contributed by atoms with E-state index in [4.69, 9.17) is 23.2 Å². The number of thioether (sulfide) groups is 1. The molecule has 0 bridgehead atoms. The van der Waals surface area contributed by atoms with Crippen molar-refractivity contribution in [3.05, 3.63) is 23.2 Å². The zero-order valence-electron chi connectivity index (χ0n) is 8.00. The molecule has 0 atom stereocenters. The van der Waals surface area contributed by atoms with Gasteiger partial charge in [0, 0.05) is 22.8 Å². The van der Waals surface area contributed by atoms with Crippen LogP contribution in [0.3, 0.4) is 0 Å². The van der Waals surface area contributed by atoms with Gasteiger partial charge in [-0.05, 0) is 18.2 Å². The maximum atomic E-state index is 10.8. The van der Waals surface area contributed by atoms with Gasteiger partial charge >= 0.3 is 0 Å². The first-order valence-electron chi connectivity index (χ1n) is 4.30. The molecule has 0 aliphatic heterocycles. The van der Waals surface area contributed by atoms with Crippen LogP contribution in [0, 0.1) is 0 Å². The molecule has 0 unspecified atom stereocenters. The van der Waals surface area contributed by atoms with Crippen molar-refractivity contribution in [3.63, 3.8) is 0 Å². The summed E-state index contributed by atoms with van der Waals surface area (Å²) in [6, 6.07) is 5.30. The summed E-state index contributed by atoms with van der Waals surface area (Å²) < 4.78 is 0. The summed E-state index contributed by atoms with van der Waals surface area (Å²) in [6.45, 7) is 0. The standard InChI is InChI=1S/C9H12ClN3OS/c10-7-5-6(11)1-2-8(7)15-4-3-9(14)13-12/h1-2,5H,3-4,11-12H2,(H,13,14). The molecular formula is C9H12ClN3OS. The minimum atomic E-state index is -0.186. The van der Waals surface area contributed by atoms with E-state index in [1.54, 1.807) is 12.1 Å². The van der Waals surface area contributed by atoms with E-state index >= 15 is 0 Å². The predicted molar refractivity (Wildman–Crippen MR) is 63.5 cm³/mol. The minimum absolute atomic E-state index is 0.186. The largest absolute Gasteiger partial charge is 0.399 e. The van der Waals surface area contributed by atoms with E-state index in [0.29, 0.717) is 22.9 Å². The summed E-state index contributed by atoms with van der Waals surface area (Å²) in [5.41, 5.74) is 8.25. The summed E-state index contributed by atoms with van der Waals surface area (Å²) in [6.07, 6.45) is 0.363. The molecule has 1 amide bonds. The molecule has 0 saturated carbocycles. The van der Waals surface area contributed by atoms with Crippen LogP contribution in [0.4, 0.5) is 5.69 Å². The van der Waals surface area contributed by atoms with Crippen LogP contribution in [0.1, 0.15) is 6.42 Å². The lowest BCUT2D eigenvalue weighted by atomic mass is 10.3. The third-order valence-corrected chi connectivity index (χ3v) is 3.20. The van der Waals surface area contributed by atoms with E-state index in [1.165, 1.54) is 11.8 Å². The van der Waals surface area contributed by atoms with Gasteiger partial charge in [0.05, 0.1) is 5.02 Å². The minimum Gasteiger partial charge on any atom is -0.399 e. The molecule has 0 saturated heterocycles. The number of nitrogen functional groups attached to an aromatic ring is 1. The molecule has 0 fully saturated rings. The lowest BCUT2D eigenvalue weighted by Crippen LogP contribution is -2.30. The van der Waals surface area contributed by atoms with Gasteiger partial charge in [0.25, 0.3) is 0 Å². The highest BCUT2D eigenvalue weighted by atomic mass is 35.5. The molecule has 0 aliphatic carbocycles. The highest BCUT2D eigenvalue weighted by Crippen LogP contribution is 2.28. The van der Waals surface area contributed by atoms with Crippen molar-refractivity contribution in [1.29, 1.82) is 0 Å². The number of halogens is 1. The predicted octanol–water partition coefficient (Wildman–Crippen LogP) is 1.39. The van der Waals surface area contributed by atoms with Crippen LogP contribution in [0.25, 0.3) is 0 Å². The molecule has 82 valence electrons. The molecule has 6 heteroatoms. The molecule has 0 heterocycles. The van der Waals surface area contributed by atoms with Crippen LogP contribution >= 0.6 is 23.4 Å². The number of hydrazine groups is 1. The first-order valence-corrected chi connectivity index (χ1v) is 5.67. The number of anilines is 1. The molecule has 1 rings (SSSR count). The summed E-state index contributed by atoms with van der Waals surface area (Å²) in [4.78, 5) is 11.8. The second-order valence-electron chi connectivity index (χ2n) is 2.86. The molecular weight excluding hydrogens is 234 g/mol. The number of amides is 1. The Balaban J connectivity index is 2.47. The number of benzene rings is 1. The van der Waals surface area contributed by atoms with Crippen molar-refractivity contribution in [1.82, 2.24) is 5.43 Å². The Morgan fingerprint density at radius 2 is 2.27 bits per heavy atom. The SMILES string of the molecule is NNC(=O)CCSc1ccc(N)cc1Cl. The monoisotopic (exact) mass is 245 g/mol. The summed E-state index contributed by atoms with van der Waals surface area (Å²) in [5, 5.41) is 0.605. The third kappa shape index (κ3) is 3.99. The Morgan fingerprint density at radius 1 is 1.53 bits per heavy atom. The van der Waals surface area contributed by atoms with Gasteiger partial charge in [-0.15, -0.1) is 11.8 Å². The van der Waals surface area contributed by atoms with Gasteiger partial charge in [0.2, 0.25) is 5.91 Å². The molecule has 0 aliphatic rings. The van der Waals surface area contributed by atoms with Crippen molar-refractivity contribution in [3.8, 4) is 0 Å². The Labute approximate surface area is 97.3 Å². The fourth-order valence-corrected chi connectivity index (χ4v) is 2.18. The van der Waals surface area contributed by atoms with E-state index in [-0.39, 0.29) is 5.91 Å². The van der Waals surface area contributed by atoms with Crippen molar-refractivity contribution < 1.29 is 4.79 Å². The molecule has 1 aromatic carbocycles. The molecule has 1 aromatic rings. The van der Waals surface area contributed by atoms with Gasteiger partial charge in [0.1, 0.15) is 0 Å². The number of hydrogen-bond donors (Lipinski definition) is 3. The maximum absolute atomic E-state index is 10.8. The molecule has 15 heavy (non-hydrogen) atoms. The number of rotatable bonds is 4. The zero-order chi connectivity index (χ0) is 11.3. The van der Waals surface area contributed by atoms with E-state index in [9.17, 15) is 4.79 Å². The topological polar surface area (TPSA) is 81.1 Å². The molecule has 0 aromatic heterocycles. The number of nitrogens with two attached hydrogens (primary N) is 2. The van der Waals surface area contributed by atoms with Crippen LogP contribution in [0.2, 0.25) is 5.02 Å². The van der Waals surface area contributed by atoms with Crippen LogP contribution in [0.5, 0.6) is 0 Å². The lowest BCUT2D eigenvalue weighted by Gasteiger charge is -2.04. The number of hydrogen-bond acceptors (Lipinski definition) is 4. The zero-order valence-corrected chi connectivity index (χ0v) is 9.57.